The molecule has 0 fully saturated rings. The van der Waals surface area contributed by atoms with Crippen molar-refractivity contribution in [2.45, 2.75) is 27.2 Å². The fourth-order valence-corrected chi connectivity index (χ4v) is 2.32. The Hall–Kier alpha value is -1.31. The number of carbonyl (C=O) groups excluding carboxylic acids is 1. The Morgan fingerprint density at radius 3 is 2.81 bits per heavy atom. The maximum absolute atomic E-state index is 11.3. The van der Waals surface area contributed by atoms with Gasteiger partial charge < -0.3 is 4.90 Å². The van der Waals surface area contributed by atoms with Crippen LogP contribution in [0.2, 0.25) is 0 Å². The summed E-state index contributed by atoms with van der Waals surface area (Å²) >= 11 is 0. The van der Waals surface area contributed by atoms with Crippen molar-refractivity contribution in [2.75, 3.05) is 18.0 Å². The fraction of sp³-hybridized carbons (Fsp3) is 0.500. The average Bonchev–Trinajstić information content (AvgIpc) is 2.60. The molecule has 0 unspecified atom stereocenters. The van der Waals surface area contributed by atoms with Crippen LogP contribution < -0.4 is 4.90 Å². The highest BCUT2D eigenvalue weighted by Crippen LogP contribution is 2.29. The van der Waals surface area contributed by atoms with Gasteiger partial charge in [-0.05, 0) is 43.0 Å². The Kier molecular flexibility index (Phi) is 2.99. The van der Waals surface area contributed by atoms with Gasteiger partial charge in [-0.2, -0.15) is 0 Å². The van der Waals surface area contributed by atoms with Crippen molar-refractivity contribution >= 4 is 11.5 Å². The molecule has 2 rings (SSSR count). The van der Waals surface area contributed by atoms with Crippen LogP contribution in [0, 0.1) is 5.92 Å². The summed E-state index contributed by atoms with van der Waals surface area (Å²) in [5.41, 5.74) is 3.48. The first kappa shape index (κ1) is 11.2. The lowest BCUT2D eigenvalue weighted by Crippen LogP contribution is -2.25. The van der Waals surface area contributed by atoms with Gasteiger partial charge in [0.2, 0.25) is 0 Å². The van der Waals surface area contributed by atoms with Crippen LogP contribution in [0.5, 0.6) is 0 Å². The third kappa shape index (κ3) is 2.11. The summed E-state index contributed by atoms with van der Waals surface area (Å²) < 4.78 is 0. The molecule has 0 amide bonds. The van der Waals surface area contributed by atoms with Crippen LogP contribution in [0.4, 0.5) is 5.69 Å². The molecule has 1 aliphatic heterocycles. The number of rotatable bonds is 3. The van der Waals surface area contributed by atoms with Gasteiger partial charge in [0.25, 0.3) is 0 Å². The molecule has 1 aromatic carbocycles. The second kappa shape index (κ2) is 4.28. The largest absolute Gasteiger partial charge is 0.371 e. The van der Waals surface area contributed by atoms with Gasteiger partial charge in [0.15, 0.2) is 5.78 Å². The topological polar surface area (TPSA) is 20.3 Å². The van der Waals surface area contributed by atoms with E-state index in [1.807, 2.05) is 6.07 Å². The molecule has 0 radical (unpaired) electrons. The number of ketones is 1. The number of nitrogens with zero attached hydrogens (tertiary/aromatic N) is 1. The molecule has 0 N–H and O–H groups in total. The maximum atomic E-state index is 11.3. The number of fused-ring (bicyclic) bond motifs is 1. The van der Waals surface area contributed by atoms with Crippen molar-refractivity contribution in [2.24, 2.45) is 5.92 Å². The van der Waals surface area contributed by atoms with Crippen LogP contribution in [-0.4, -0.2) is 18.9 Å². The average molecular weight is 217 g/mol. The Morgan fingerprint density at radius 2 is 2.19 bits per heavy atom. The third-order valence-corrected chi connectivity index (χ3v) is 3.06. The van der Waals surface area contributed by atoms with Crippen molar-refractivity contribution in [3.05, 3.63) is 29.3 Å². The van der Waals surface area contributed by atoms with E-state index in [2.05, 4.69) is 30.9 Å². The van der Waals surface area contributed by atoms with Gasteiger partial charge in [0.1, 0.15) is 0 Å². The molecule has 2 heteroatoms. The highest BCUT2D eigenvalue weighted by Gasteiger charge is 2.20. The smallest absolute Gasteiger partial charge is 0.159 e. The molecule has 16 heavy (non-hydrogen) atoms. The zero-order chi connectivity index (χ0) is 11.7. The van der Waals surface area contributed by atoms with E-state index in [9.17, 15) is 4.79 Å². The Balaban J connectivity index is 2.25. The van der Waals surface area contributed by atoms with Crippen molar-refractivity contribution in [1.29, 1.82) is 0 Å². The highest BCUT2D eigenvalue weighted by atomic mass is 16.1. The van der Waals surface area contributed by atoms with Crippen LogP contribution in [0.15, 0.2) is 18.2 Å². The molecule has 0 aliphatic carbocycles. The summed E-state index contributed by atoms with van der Waals surface area (Å²) in [5, 5.41) is 0. The summed E-state index contributed by atoms with van der Waals surface area (Å²) in [6.07, 6.45) is 1.07. The lowest BCUT2D eigenvalue weighted by atomic mass is 10.1. The SMILES string of the molecule is CC(=O)c1ccc2c(c1)CCN2CC(C)C. The summed E-state index contributed by atoms with van der Waals surface area (Å²) in [5.74, 6) is 0.837. The van der Waals surface area contributed by atoms with Gasteiger partial charge in [0.05, 0.1) is 0 Å². The van der Waals surface area contributed by atoms with E-state index in [1.165, 1.54) is 11.3 Å². The molecule has 1 aliphatic rings. The van der Waals surface area contributed by atoms with E-state index >= 15 is 0 Å². The molecule has 1 aromatic rings. The molecule has 1 heterocycles. The summed E-state index contributed by atoms with van der Waals surface area (Å²) in [7, 11) is 0. The van der Waals surface area contributed by atoms with E-state index < -0.39 is 0 Å². The van der Waals surface area contributed by atoms with Gasteiger partial charge in [-0.3, -0.25) is 4.79 Å². The lowest BCUT2D eigenvalue weighted by molar-refractivity contribution is 0.101. The molecule has 0 bridgehead atoms. The van der Waals surface area contributed by atoms with Crippen molar-refractivity contribution < 1.29 is 4.79 Å². The van der Waals surface area contributed by atoms with Gasteiger partial charge in [-0.1, -0.05) is 13.8 Å². The third-order valence-electron chi connectivity index (χ3n) is 3.06. The molecular weight excluding hydrogens is 198 g/mol. The number of benzene rings is 1. The summed E-state index contributed by atoms with van der Waals surface area (Å²) in [6, 6.07) is 6.10. The monoisotopic (exact) mass is 217 g/mol. The zero-order valence-electron chi connectivity index (χ0n) is 10.3. The molecule has 0 aromatic heterocycles. The highest BCUT2D eigenvalue weighted by molar-refractivity contribution is 5.94. The van der Waals surface area contributed by atoms with E-state index in [0.717, 1.165) is 25.1 Å². The van der Waals surface area contributed by atoms with Crippen LogP contribution in [-0.2, 0) is 6.42 Å². The van der Waals surface area contributed by atoms with Gasteiger partial charge in [-0.25, -0.2) is 0 Å². The maximum Gasteiger partial charge on any atom is 0.159 e. The molecule has 0 spiro atoms. The minimum atomic E-state index is 0.158. The molecular formula is C14H19NO. The van der Waals surface area contributed by atoms with Gasteiger partial charge in [-0.15, -0.1) is 0 Å². The first-order valence-electron chi connectivity index (χ1n) is 5.96. The van der Waals surface area contributed by atoms with Crippen LogP contribution in [0.3, 0.4) is 0 Å². The number of hydrogen-bond acceptors (Lipinski definition) is 2. The van der Waals surface area contributed by atoms with Gasteiger partial charge >= 0.3 is 0 Å². The second-order valence-corrected chi connectivity index (χ2v) is 4.99. The molecule has 2 nitrogen and oxygen atoms in total. The normalized spacial score (nSPS) is 14.4. The van der Waals surface area contributed by atoms with Crippen molar-refractivity contribution in [1.82, 2.24) is 0 Å². The predicted octanol–water partition coefficient (Wildman–Crippen LogP) is 2.91. The Labute approximate surface area is 97.3 Å². The quantitative estimate of drug-likeness (QED) is 0.726. The standard InChI is InChI=1S/C14H19NO/c1-10(2)9-15-7-6-13-8-12(11(3)16)4-5-14(13)15/h4-5,8,10H,6-7,9H2,1-3H3. The van der Waals surface area contributed by atoms with E-state index in [-0.39, 0.29) is 5.78 Å². The molecule has 86 valence electrons. The van der Waals surface area contributed by atoms with Crippen molar-refractivity contribution in [3.8, 4) is 0 Å². The zero-order valence-corrected chi connectivity index (χ0v) is 10.3. The Morgan fingerprint density at radius 1 is 1.44 bits per heavy atom. The number of anilines is 1. The van der Waals surface area contributed by atoms with Crippen LogP contribution >= 0.6 is 0 Å². The van der Waals surface area contributed by atoms with E-state index in [0.29, 0.717) is 5.92 Å². The first-order valence-corrected chi connectivity index (χ1v) is 5.96. The predicted molar refractivity (Wildman–Crippen MR) is 67.2 cm³/mol. The van der Waals surface area contributed by atoms with Crippen LogP contribution in [0.1, 0.15) is 36.7 Å². The van der Waals surface area contributed by atoms with Crippen LogP contribution in [0.25, 0.3) is 0 Å². The van der Waals surface area contributed by atoms with Gasteiger partial charge in [0, 0.05) is 24.3 Å². The molecule has 0 atom stereocenters. The molecule has 0 saturated carbocycles. The minimum absolute atomic E-state index is 0.158. The van der Waals surface area contributed by atoms with Crippen molar-refractivity contribution in [3.63, 3.8) is 0 Å². The fourth-order valence-electron chi connectivity index (χ4n) is 2.32. The first-order chi connectivity index (χ1) is 7.58. The number of hydrogen-bond donors (Lipinski definition) is 0. The van der Waals surface area contributed by atoms with E-state index in [4.69, 9.17) is 0 Å². The molecule has 0 saturated heterocycles. The number of carbonyl (C=O) groups is 1. The minimum Gasteiger partial charge on any atom is -0.371 e. The Bertz CT molecular complexity index is 409. The summed E-state index contributed by atoms with van der Waals surface area (Å²) in [6.45, 7) is 8.30. The number of Topliss-reactive ketones (excluding diaryl/α,β-unsaturated/α-hetero) is 1. The second-order valence-electron chi connectivity index (χ2n) is 4.99. The lowest BCUT2D eigenvalue weighted by Gasteiger charge is -2.21. The summed E-state index contributed by atoms with van der Waals surface area (Å²) in [4.78, 5) is 13.7. The van der Waals surface area contributed by atoms with E-state index in [1.54, 1.807) is 6.92 Å².